The van der Waals surface area contributed by atoms with E-state index < -0.39 is 0 Å². The van der Waals surface area contributed by atoms with Crippen molar-refractivity contribution in [3.8, 4) is 12.1 Å². The predicted octanol–water partition coefficient (Wildman–Crippen LogP) is 0.850. The molecule has 1 aromatic carbocycles. The lowest BCUT2D eigenvalue weighted by Gasteiger charge is -1.94. The molecule has 1 heterocycles. The van der Waals surface area contributed by atoms with Crippen LogP contribution in [-0.4, -0.2) is 9.13 Å². The van der Waals surface area contributed by atoms with E-state index >= 15 is 0 Å². The summed E-state index contributed by atoms with van der Waals surface area (Å²) in [6, 6.07) is 11.0. The van der Waals surface area contributed by atoms with Crippen LogP contribution in [0.5, 0.6) is 0 Å². The van der Waals surface area contributed by atoms with E-state index in [1.165, 1.54) is 9.13 Å². The van der Waals surface area contributed by atoms with Gasteiger partial charge in [-0.1, -0.05) is 12.1 Å². The van der Waals surface area contributed by atoms with E-state index in [9.17, 15) is 4.79 Å². The molecule has 0 aliphatic carbocycles. The molecule has 5 heteroatoms. The Kier molecular flexibility index (Phi) is 2.45. The molecule has 0 bridgehead atoms. The average Bonchev–Trinajstić information content (AvgIpc) is 2.56. The summed E-state index contributed by atoms with van der Waals surface area (Å²) in [6.45, 7) is -0.00441. The highest BCUT2D eigenvalue weighted by atomic mass is 16.1. The van der Waals surface area contributed by atoms with Crippen LogP contribution < -0.4 is 5.69 Å². The van der Waals surface area contributed by atoms with Crippen molar-refractivity contribution in [3.63, 3.8) is 0 Å². The first kappa shape index (κ1) is 10.0. The van der Waals surface area contributed by atoms with E-state index in [0.29, 0.717) is 11.0 Å². The van der Waals surface area contributed by atoms with Gasteiger partial charge in [0.15, 0.2) is 0 Å². The maximum absolute atomic E-state index is 11.9. The third-order valence-corrected chi connectivity index (χ3v) is 2.38. The number of rotatable bonds is 2. The molecule has 0 N–H and O–H groups in total. The van der Waals surface area contributed by atoms with Gasteiger partial charge in [-0.25, -0.2) is 4.79 Å². The first-order valence-corrected chi connectivity index (χ1v) is 4.71. The molecule has 78 valence electrons. The van der Waals surface area contributed by atoms with Gasteiger partial charge in [-0.2, -0.15) is 10.5 Å². The van der Waals surface area contributed by atoms with Crippen LogP contribution in [0.15, 0.2) is 29.1 Å². The zero-order valence-corrected chi connectivity index (χ0v) is 8.42. The van der Waals surface area contributed by atoms with Crippen molar-refractivity contribution in [1.82, 2.24) is 9.13 Å². The number of fused-ring (bicyclic) bond motifs is 1. The number of aromatic nitrogens is 2. The molecule has 0 saturated heterocycles. The standard InChI is InChI=1S/C11H8N4O/c12-5-7-14-9-3-1-2-4-10(9)15(8-6-13)11(14)16/h1-4H,7-8H2. The van der Waals surface area contributed by atoms with Crippen molar-refractivity contribution in [2.45, 2.75) is 13.1 Å². The van der Waals surface area contributed by atoms with Crippen molar-refractivity contribution in [2.75, 3.05) is 0 Å². The number of hydrogen-bond acceptors (Lipinski definition) is 3. The molecular weight excluding hydrogens is 204 g/mol. The molecule has 2 rings (SSSR count). The summed E-state index contributed by atoms with van der Waals surface area (Å²) < 4.78 is 2.74. The van der Waals surface area contributed by atoms with Crippen LogP contribution in [0.25, 0.3) is 11.0 Å². The molecule has 16 heavy (non-hydrogen) atoms. The Morgan fingerprint density at radius 3 is 1.81 bits per heavy atom. The summed E-state index contributed by atoms with van der Waals surface area (Å²) in [7, 11) is 0. The Bertz CT molecular complexity index is 610. The van der Waals surface area contributed by atoms with Crippen molar-refractivity contribution >= 4 is 11.0 Å². The third kappa shape index (κ3) is 1.35. The van der Waals surface area contributed by atoms with Crippen LogP contribution in [0.4, 0.5) is 0 Å². The fraction of sp³-hybridized carbons (Fsp3) is 0.182. The van der Waals surface area contributed by atoms with Crippen LogP contribution in [0.3, 0.4) is 0 Å². The van der Waals surface area contributed by atoms with E-state index in [2.05, 4.69) is 0 Å². The van der Waals surface area contributed by atoms with Gasteiger partial charge in [0.25, 0.3) is 0 Å². The first-order valence-electron chi connectivity index (χ1n) is 4.71. The topological polar surface area (TPSA) is 74.5 Å². The van der Waals surface area contributed by atoms with Crippen molar-refractivity contribution in [1.29, 1.82) is 10.5 Å². The quantitative estimate of drug-likeness (QED) is 0.740. The van der Waals surface area contributed by atoms with Crippen LogP contribution in [0.2, 0.25) is 0 Å². The van der Waals surface area contributed by atoms with Gasteiger partial charge in [-0.3, -0.25) is 9.13 Å². The molecule has 0 amide bonds. The summed E-state index contributed by atoms with van der Waals surface area (Å²) in [5.41, 5.74) is 1.05. The number of nitrogens with zero attached hydrogens (tertiary/aromatic N) is 4. The second kappa shape index (κ2) is 3.92. The second-order valence-electron chi connectivity index (χ2n) is 3.26. The molecule has 5 nitrogen and oxygen atoms in total. The first-order chi connectivity index (χ1) is 7.79. The smallest absolute Gasteiger partial charge is 0.278 e. The molecular formula is C11H8N4O. The number of benzene rings is 1. The molecule has 0 atom stereocenters. The molecule has 0 aliphatic heterocycles. The number of nitriles is 2. The zero-order chi connectivity index (χ0) is 11.5. The van der Waals surface area contributed by atoms with Crippen molar-refractivity contribution in [2.24, 2.45) is 0 Å². The Morgan fingerprint density at radius 1 is 1.00 bits per heavy atom. The molecule has 0 saturated carbocycles. The normalized spacial score (nSPS) is 9.88. The van der Waals surface area contributed by atoms with Gasteiger partial charge >= 0.3 is 5.69 Å². The summed E-state index contributed by atoms with van der Waals surface area (Å²) in [6.07, 6.45) is 0. The van der Waals surface area contributed by atoms with Crippen molar-refractivity contribution in [3.05, 3.63) is 34.7 Å². The maximum atomic E-state index is 11.9. The van der Waals surface area contributed by atoms with E-state index in [0.717, 1.165) is 0 Å². The summed E-state index contributed by atoms with van der Waals surface area (Å²) in [5.74, 6) is 0. The summed E-state index contributed by atoms with van der Waals surface area (Å²) >= 11 is 0. The lowest BCUT2D eigenvalue weighted by molar-refractivity contribution is 0.727. The van der Waals surface area contributed by atoms with Crippen LogP contribution in [0, 0.1) is 22.7 Å². The zero-order valence-electron chi connectivity index (χ0n) is 8.42. The monoisotopic (exact) mass is 212 g/mol. The van der Waals surface area contributed by atoms with Crippen LogP contribution in [-0.2, 0) is 13.1 Å². The molecule has 2 aromatic rings. The van der Waals surface area contributed by atoms with E-state index in [1.54, 1.807) is 24.3 Å². The van der Waals surface area contributed by atoms with Gasteiger partial charge in [0.2, 0.25) is 0 Å². The molecule has 0 fully saturated rings. The van der Waals surface area contributed by atoms with E-state index in [-0.39, 0.29) is 18.8 Å². The summed E-state index contributed by atoms with van der Waals surface area (Å²) in [5, 5.41) is 17.3. The third-order valence-electron chi connectivity index (χ3n) is 2.38. The van der Waals surface area contributed by atoms with Gasteiger partial charge < -0.3 is 0 Å². The second-order valence-corrected chi connectivity index (χ2v) is 3.26. The number of para-hydroxylation sites is 2. The Hall–Kier alpha value is -2.53. The molecule has 0 aliphatic rings. The Labute approximate surface area is 91.4 Å². The number of hydrogen-bond donors (Lipinski definition) is 0. The maximum Gasteiger partial charge on any atom is 0.330 e. The SMILES string of the molecule is N#CCn1c(=O)n(CC#N)c2ccccc21. The highest BCUT2D eigenvalue weighted by Crippen LogP contribution is 2.11. The molecule has 1 aromatic heterocycles. The minimum atomic E-state index is -0.315. The molecule has 0 unspecified atom stereocenters. The van der Waals surface area contributed by atoms with Crippen LogP contribution >= 0.6 is 0 Å². The molecule has 0 radical (unpaired) electrons. The minimum absolute atomic E-state index is 0.00221. The summed E-state index contributed by atoms with van der Waals surface area (Å²) in [4.78, 5) is 11.9. The fourth-order valence-electron chi connectivity index (χ4n) is 1.72. The van der Waals surface area contributed by atoms with Crippen LogP contribution in [0.1, 0.15) is 0 Å². The van der Waals surface area contributed by atoms with Gasteiger partial charge in [0, 0.05) is 0 Å². The van der Waals surface area contributed by atoms with Crippen molar-refractivity contribution < 1.29 is 0 Å². The highest BCUT2D eigenvalue weighted by molar-refractivity contribution is 5.76. The van der Waals surface area contributed by atoms with E-state index in [4.69, 9.17) is 10.5 Å². The fourth-order valence-corrected chi connectivity index (χ4v) is 1.72. The Balaban J connectivity index is 2.82. The minimum Gasteiger partial charge on any atom is -0.278 e. The van der Waals surface area contributed by atoms with Gasteiger partial charge in [0.05, 0.1) is 23.2 Å². The van der Waals surface area contributed by atoms with Gasteiger partial charge in [-0.15, -0.1) is 0 Å². The average molecular weight is 212 g/mol. The lowest BCUT2D eigenvalue weighted by Crippen LogP contribution is -2.23. The largest absolute Gasteiger partial charge is 0.330 e. The lowest BCUT2D eigenvalue weighted by atomic mass is 10.3. The van der Waals surface area contributed by atoms with Gasteiger partial charge in [0.1, 0.15) is 13.1 Å². The highest BCUT2D eigenvalue weighted by Gasteiger charge is 2.11. The van der Waals surface area contributed by atoms with E-state index in [1.807, 2.05) is 12.1 Å². The predicted molar refractivity (Wildman–Crippen MR) is 57.4 cm³/mol. The van der Waals surface area contributed by atoms with Gasteiger partial charge in [-0.05, 0) is 12.1 Å². The number of imidazole rings is 1. The Morgan fingerprint density at radius 2 is 1.44 bits per heavy atom. The molecule has 0 spiro atoms.